The smallest absolute Gasteiger partial charge is 0.293 e. The number of hydrogen-bond donors (Lipinski definition) is 1. The Hall–Kier alpha value is -3.11. The number of carbonyl (C=O) groups is 4. The molecule has 170 valence electrons. The number of nitrogens with zero attached hydrogens (tertiary/aromatic N) is 3. The van der Waals surface area contributed by atoms with Crippen LogP contribution >= 0.6 is 23.5 Å². The Labute approximate surface area is 199 Å². The summed E-state index contributed by atoms with van der Waals surface area (Å²) in [5, 5.41) is 2.39. The van der Waals surface area contributed by atoms with Crippen LogP contribution in [0.1, 0.15) is 12.0 Å². The number of imide groups is 1. The summed E-state index contributed by atoms with van der Waals surface area (Å²) in [5.41, 5.74) is 1.51. The highest BCUT2D eigenvalue weighted by Crippen LogP contribution is 2.32. The third-order valence-corrected chi connectivity index (χ3v) is 6.98. The van der Waals surface area contributed by atoms with Crippen molar-refractivity contribution in [2.75, 3.05) is 30.8 Å². The van der Waals surface area contributed by atoms with E-state index < -0.39 is 5.92 Å². The minimum atomic E-state index is -0.476. The number of carbonyl (C=O) groups excluding carboxylic acids is 4. The average Bonchev–Trinajstić information content (AvgIpc) is 3.34. The Morgan fingerprint density at radius 1 is 1.27 bits per heavy atom. The first kappa shape index (κ1) is 23.1. The van der Waals surface area contributed by atoms with Crippen LogP contribution in [0.15, 0.2) is 58.6 Å². The maximum atomic E-state index is 12.6. The van der Waals surface area contributed by atoms with Crippen LogP contribution in [0.4, 0.5) is 10.5 Å². The van der Waals surface area contributed by atoms with E-state index in [9.17, 15) is 19.2 Å². The van der Waals surface area contributed by atoms with Gasteiger partial charge in [0.15, 0.2) is 0 Å². The lowest BCUT2D eigenvalue weighted by atomic mass is 10.1. The summed E-state index contributed by atoms with van der Waals surface area (Å²) in [6, 6.07) is 11.2. The topological polar surface area (TPSA) is 99.7 Å². The third-order valence-electron chi connectivity index (χ3n) is 5.35. The molecule has 1 N–H and O–H groups in total. The van der Waals surface area contributed by atoms with E-state index in [-0.39, 0.29) is 42.5 Å². The normalized spacial score (nSPS) is 19.6. The van der Waals surface area contributed by atoms with Crippen molar-refractivity contribution < 1.29 is 19.2 Å². The third kappa shape index (κ3) is 5.28. The Balaban J connectivity index is 1.30. The van der Waals surface area contributed by atoms with Gasteiger partial charge in [-0.1, -0.05) is 12.1 Å². The van der Waals surface area contributed by atoms with E-state index in [4.69, 9.17) is 0 Å². The first-order valence-corrected chi connectivity index (χ1v) is 12.4. The van der Waals surface area contributed by atoms with Crippen molar-refractivity contribution >= 4 is 58.2 Å². The summed E-state index contributed by atoms with van der Waals surface area (Å²) in [6.07, 6.45) is 6.96. The molecule has 2 aromatic rings. The molecule has 2 aliphatic heterocycles. The molecular weight excluding hydrogens is 460 g/mol. The van der Waals surface area contributed by atoms with Crippen LogP contribution in [0.25, 0.3) is 6.08 Å². The van der Waals surface area contributed by atoms with Crippen LogP contribution < -0.4 is 10.2 Å². The van der Waals surface area contributed by atoms with E-state index in [1.165, 1.54) is 0 Å². The van der Waals surface area contributed by atoms with E-state index in [1.807, 2.05) is 30.5 Å². The lowest BCUT2D eigenvalue weighted by Gasteiger charge is -2.18. The van der Waals surface area contributed by atoms with Gasteiger partial charge in [-0.15, -0.1) is 11.8 Å². The predicted molar refractivity (Wildman–Crippen MR) is 129 cm³/mol. The molecule has 0 unspecified atom stereocenters. The van der Waals surface area contributed by atoms with Gasteiger partial charge in [0.1, 0.15) is 0 Å². The first-order chi connectivity index (χ1) is 16.0. The van der Waals surface area contributed by atoms with E-state index in [0.29, 0.717) is 11.4 Å². The highest BCUT2D eigenvalue weighted by molar-refractivity contribution is 8.18. The van der Waals surface area contributed by atoms with Crippen molar-refractivity contribution in [3.8, 4) is 0 Å². The Kier molecular flexibility index (Phi) is 7.14. The van der Waals surface area contributed by atoms with Crippen LogP contribution in [0.3, 0.4) is 0 Å². The molecule has 4 rings (SSSR count). The standard InChI is InChI=1S/C23H22N4O4S2/c1-32-18-6-2-5-17(12-18)27-14-16(11-20(27)28)21(29)25-8-9-26-22(30)19(33-23(26)31)10-15-4-3-7-24-13-15/h2-7,10,12-13,16H,8-9,11,14H2,1H3,(H,25,29)/b19-10-/t16-/m1/s1. The van der Waals surface area contributed by atoms with Gasteiger partial charge in [-0.3, -0.25) is 29.1 Å². The number of hydrogen-bond acceptors (Lipinski definition) is 7. The second kappa shape index (κ2) is 10.2. The van der Waals surface area contributed by atoms with Gasteiger partial charge in [-0.25, -0.2) is 0 Å². The predicted octanol–water partition coefficient (Wildman–Crippen LogP) is 3.01. The number of pyridine rings is 1. The van der Waals surface area contributed by atoms with Crippen molar-refractivity contribution in [1.82, 2.24) is 15.2 Å². The molecule has 0 aliphatic carbocycles. The largest absolute Gasteiger partial charge is 0.354 e. The van der Waals surface area contributed by atoms with Crippen molar-refractivity contribution in [3.63, 3.8) is 0 Å². The highest BCUT2D eigenvalue weighted by Gasteiger charge is 2.37. The molecule has 1 atom stereocenters. The van der Waals surface area contributed by atoms with Gasteiger partial charge in [-0.05, 0) is 53.9 Å². The van der Waals surface area contributed by atoms with Crippen molar-refractivity contribution in [1.29, 1.82) is 0 Å². The highest BCUT2D eigenvalue weighted by atomic mass is 32.2. The molecule has 0 radical (unpaired) electrons. The Morgan fingerprint density at radius 2 is 2.12 bits per heavy atom. The second-order valence-corrected chi connectivity index (χ2v) is 9.39. The van der Waals surface area contributed by atoms with Crippen LogP contribution in [0.2, 0.25) is 0 Å². The number of aromatic nitrogens is 1. The van der Waals surface area contributed by atoms with Gasteiger partial charge in [-0.2, -0.15) is 0 Å². The fraction of sp³-hybridized carbons (Fsp3) is 0.261. The molecule has 33 heavy (non-hydrogen) atoms. The second-order valence-electron chi connectivity index (χ2n) is 7.52. The summed E-state index contributed by atoms with van der Waals surface area (Å²) >= 11 is 2.46. The first-order valence-electron chi connectivity index (χ1n) is 10.3. The number of rotatable bonds is 7. The van der Waals surface area contributed by atoms with E-state index in [0.717, 1.165) is 32.8 Å². The van der Waals surface area contributed by atoms with Crippen LogP contribution in [0, 0.1) is 5.92 Å². The molecule has 3 heterocycles. The van der Waals surface area contributed by atoms with Crippen molar-refractivity contribution in [2.45, 2.75) is 11.3 Å². The Bertz CT molecular complexity index is 1120. The van der Waals surface area contributed by atoms with Crippen LogP contribution in [-0.2, 0) is 14.4 Å². The fourth-order valence-corrected chi connectivity index (χ4v) is 4.97. The number of nitrogens with one attached hydrogen (secondary N) is 1. The van der Waals surface area contributed by atoms with Gasteiger partial charge in [0, 0.05) is 49.0 Å². The zero-order chi connectivity index (χ0) is 23.4. The molecule has 10 heteroatoms. The average molecular weight is 483 g/mol. The zero-order valence-electron chi connectivity index (χ0n) is 17.9. The quantitative estimate of drug-likeness (QED) is 0.478. The number of anilines is 1. The molecule has 2 fully saturated rings. The van der Waals surface area contributed by atoms with E-state index in [2.05, 4.69) is 10.3 Å². The summed E-state index contributed by atoms with van der Waals surface area (Å²) in [6.45, 7) is 0.503. The molecule has 8 nitrogen and oxygen atoms in total. The molecule has 0 saturated carbocycles. The van der Waals surface area contributed by atoms with Crippen molar-refractivity contribution in [3.05, 3.63) is 59.3 Å². The maximum absolute atomic E-state index is 12.6. The van der Waals surface area contributed by atoms with E-state index >= 15 is 0 Å². The molecule has 2 aliphatic rings. The molecule has 2 saturated heterocycles. The lowest BCUT2D eigenvalue weighted by Crippen LogP contribution is -2.40. The molecule has 1 aromatic heterocycles. The molecule has 0 bridgehead atoms. The van der Waals surface area contributed by atoms with Gasteiger partial charge in [0.25, 0.3) is 11.1 Å². The summed E-state index contributed by atoms with van der Waals surface area (Å²) < 4.78 is 0. The van der Waals surface area contributed by atoms with Gasteiger partial charge >= 0.3 is 0 Å². The minimum absolute atomic E-state index is 0.0704. The molecule has 1 aromatic carbocycles. The van der Waals surface area contributed by atoms with Crippen molar-refractivity contribution in [2.24, 2.45) is 5.92 Å². The summed E-state index contributed by atoms with van der Waals surface area (Å²) in [7, 11) is 0. The van der Waals surface area contributed by atoms with Gasteiger partial charge < -0.3 is 10.2 Å². The van der Waals surface area contributed by atoms with Crippen LogP contribution in [0.5, 0.6) is 0 Å². The van der Waals surface area contributed by atoms with Gasteiger partial charge in [0.2, 0.25) is 11.8 Å². The number of thioether (sulfide) groups is 2. The SMILES string of the molecule is CSc1cccc(N2C[C@H](C(=O)NCCN3C(=O)S/C(=C\c4cccnc4)C3=O)CC2=O)c1. The lowest BCUT2D eigenvalue weighted by molar-refractivity contribution is -0.127. The summed E-state index contributed by atoms with van der Waals surface area (Å²) in [4.78, 5) is 58.0. The molecular formula is C23H22N4O4S2. The maximum Gasteiger partial charge on any atom is 0.293 e. The number of amides is 4. The zero-order valence-corrected chi connectivity index (χ0v) is 19.5. The minimum Gasteiger partial charge on any atom is -0.354 e. The summed E-state index contributed by atoms with van der Waals surface area (Å²) in [5.74, 6) is -1.22. The fourth-order valence-electron chi connectivity index (χ4n) is 3.65. The van der Waals surface area contributed by atoms with E-state index in [1.54, 1.807) is 47.3 Å². The Morgan fingerprint density at radius 3 is 2.88 bits per heavy atom. The monoisotopic (exact) mass is 482 g/mol. The van der Waals surface area contributed by atoms with Crippen LogP contribution in [-0.4, -0.2) is 58.7 Å². The molecule has 0 spiro atoms. The number of benzene rings is 1. The molecule has 4 amide bonds. The van der Waals surface area contributed by atoms with Gasteiger partial charge in [0.05, 0.1) is 10.8 Å².